The van der Waals surface area contributed by atoms with Gasteiger partial charge in [-0.1, -0.05) is 28.1 Å². The van der Waals surface area contributed by atoms with Crippen LogP contribution in [0.2, 0.25) is 0 Å². The summed E-state index contributed by atoms with van der Waals surface area (Å²) in [6, 6.07) is 11.5. The van der Waals surface area contributed by atoms with E-state index in [0.29, 0.717) is 13.0 Å². The number of hydrogen-bond donors (Lipinski definition) is 0. The monoisotopic (exact) mass is 318 g/mol. The van der Waals surface area contributed by atoms with Gasteiger partial charge in [-0.2, -0.15) is 0 Å². The van der Waals surface area contributed by atoms with Gasteiger partial charge in [0.25, 0.3) is 0 Å². The number of rotatable bonds is 4. The van der Waals surface area contributed by atoms with Gasteiger partial charge in [-0.15, -0.1) is 0 Å². The van der Waals surface area contributed by atoms with Crippen molar-refractivity contribution in [3.63, 3.8) is 0 Å². The molecular formula is C15H15BrN2O. The lowest BCUT2D eigenvalue weighted by atomic mass is 10.1. The number of nitrogens with zero attached hydrogens (tertiary/aromatic N) is 2. The molecule has 19 heavy (non-hydrogen) atoms. The number of anilines is 1. The second-order valence-electron chi connectivity index (χ2n) is 4.16. The number of benzene rings is 1. The molecule has 0 saturated heterocycles. The average Bonchev–Trinajstić information content (AvgIpc) is 2.41. The first-order valence-corrected chi connectivity index (χ1v) is 6.95. The fourth-order valence-electron chi connectivity index (χ4n) is 1.93. The molecule has 0 aliphatic rings. The number of carbonyl (C=O) groups is 1. The number of aromatic nitrogens is 1. The lowest BCUT2D eigenvalue weighted by Gasteiger charge is -2.20. The molecule has 3 nitrogen and oxygen atoms in total. The quantitative estimate of drug-likeness (QED) is 0.865. The van der Waals surface area contributed by atoms with Crippen LogP contribution >= 0.6 is 15.9 Å². The fraction of sp³-hybridized carbons (Fsp3) is 0.200. The normalized spacial score (nSPS) is 10.2. The third-order valence-corrected chi connectivity index (χ3v) is 3.31. The number of carbonyl (C=O) groups excluding carboxylic acids is 1. The van der Waals surface area contributed by atoms with Crippen molar-refractivity contribution in [1.29, 1.82) is 0 Å². The molecule has 0 unspecified atom stereocenters. The largest absolute Gasteiger partial charge is 0.311 e. The van der Waals surface area contributed by atoms with Crippen LogP contribution in [0.3, 0.4) is 0 Å². The maximum atomic E-state index is 12.3. The van der Waals surface area contributed by atoms with Gasteiger partial charge in [-0.05, 0) is 36.8 Å². The summed E-state index contributed by atoms with van der Waals surface area (Å²) in [5, 5.41) is 0. The first-order valence-electron chi connectivity index (χ1n) is 6.15. The zero-order valence-electron chi connectivity index (χ0n) is 10.7. The topological polar surface area (TPSA) is 33.2 Å². The van der Waals surface area contributed by atoms with Crippen molar-refractivity contribution < 1.29 is 4.79 Å². The first kappa shape index (κ1) is 13.7. The predicted octanol–water partition coefficient (Wildman–Crippen LogP) is 3.44. The summed E-state index contributed by atoms with van der Waals surface area (Å²) in [4.78, 5) is 18.1. The number of likely N-dealkylation sites (N-methyl/N-ethyl adjacent to an activating group) is 1. The van der Waals surface area contributed by atoms with E-state index in [1.165, 1.54) is 0 Å². The van der Waals surface area contributed by atoms with Gasteiger partial charge in [-0.3, -0.25) is 9.78 Å². The van der Waals surface area contributed by atoms with Crippen LogP contribution in [0.25, 0.3) is 0 Å². The summed E-state index contributed by atoms with van der Waals surface area (Å²) in [5.41, 5.74) is 1.84. The van der Waals surface area contributed by atoms with Crippen LogP contribution in [0.15, 0.2) is 53.3 Å². The van der Waals surface area contributed by atoms with Crippen LogP contribution in [-0.2, 0) is 11.2 Å². The molecule has 0 saturated carbocycles. The average molecular weight is 319 g/mol. The van der Waals surface area contributed by atoms with E-state index >= 15 is 0 Å². The van der Waals surface area contributed by atoms with E-state index in [1.54, 1.807) is 17.3 Å². The van der Waals surface area contributed by atoms with Crippen molar-refractivity contribution in [2.75, 3.05) is 11.4 Å². The maximum absolute atomic E-state index is 12.3. The minimum absolute atomic E-state index is 0.0774. The Balaban J connectivity index is 2.14. The highest BCUT2D eigenvalue weighted by Gasteiger charge is 2.14. The molecule has 0 N–H and O–H groups in total. The van der Waals surface area contributed by atoms with Crippen LogP contribution in [0, 0.1) is 0 Å². The summed E-state index contributed by atoms with van der Waals surface area (Å²) in [7, 11) is 0. The van der Waals surface area contributed by atoms with Crippen molar-refractivity contribution in [3.05, 3.63) is 58.8 Å². The Hall–Kier alpha value is -1.68. The molecule has 2 aromatic rings. The number of halogens is 1. The second kappa shape index (κ2) is 6.48. The fourth-order valence-corrected chi connectivity index (χ4v) is 2.38. The third-order valence-electron chi connectivity index (χ3n) is 2.82. The van der Waals surface area contributed by atoms with E-state index < -0.39 is 0 Å². The van der Waals surface area contributed by atoms with Gasteiger partial charge in [0.1, 0.15) is 0 Å². The Morgan fingerprint density at radius 2 is 2.16 bits per heavy atom. The highest BCUT2D eigenvalue weighted by molar-refractivity contribution is 9.10. The number of amides is 1. The molecule has 0 bridgehead atoms. The van der Waals surface area contributed by atoms with Crippen LogP contribution in [0.5, 0.6) is 0 Å². The molecule has 0 aliphatic carbocycles. The minimum atomic E-state index is 0.0774. The third kappa shape index (κ3) is 3.64. The van der Waals surface area contributed by atoms with Crippen molar-refractivity contribution in [1.82, 2.24) is 4.98 Å². The molecular weight excluding hydrogens is 304 g/mol. The molecule has 1 aromatic heterocycles. The molecule has 0 spiro atoms. The van der Waals surface area contributed by atoms with E-state index in [4.69, 9.17) is 0 Å². The van der Waals surface area contributed by atoms with E-state index in [9.17, 15) is 4.79 Å². The summed E-state index contributed by atoms with van der Waals surface area (Å²) >= 11 is 3.42. The zero-order valence-corrected chi connectivity index (χ0v) is 12.3. The highest BCUT2D eigenvalue weighted by Crippen LogP contribution is 2.16. The van der Waals surface area contributed by atoms with Crippen molar-refractivity contribution in [3.8, 4) is 0 Å². The Kier molecular flexibility index (Phi) is 4.68. The molecule has 4 heteroatoms. The Bertz CT molecular complexity index is 557. The van der Waals surface area contributed by atoms with Crippen molar-refractivity contribution in [2.24, 2.45) is 0 Å². The first-order chi connectivity index (χ1) is 9.20. The molecule has 0 fully saturated rings. The second-order valence-corrected chi connectivity index (χ2v) is 5.07. The number of hydrogen-bond acceptors (Lipinski definition) is 2. The van der Waals surface area contributed by atoms with E-state index in [-0.39, 0.29) is 5.91 Å². The SMILES string of the molecule is CCN(C(=O)Cc1cccc(Br)c1)c1cccnc1. The van der Waals surface area contributed by atoms with Crippen LogP contribution in [-0.4, -0.2) is 17.4 Å². The summed E-state index contributed by atoms with van der Waals surface area (Å²) in [5.74, 6) is 0.0774. The lowest BCUT2D eigenvalue weighted by molar-refractivity contribution is -0.117. The molecule has 0 aliphatic heterocycles. The van der Waals surface area contributed by atoms with Gasteiger partial charge < -0.3 is 4.90 Å². The molecule has 98 valence electrons. The van der Waals surface area contributed by atoms with Crippen LogP contribution in [0.4, 0.5) is 5.69 Å². The molecule has 0 radical (unpaired) electrons. The summed E-state index contributed by atoms with van der Waals surface area (Å²) < 4.78 is 0.988. The van der Waals surface area contributed by atoms with E-state index in [1.807, 2.05) is 43.3 Å². The minimum Gasteiger partial charge on any atom is -0.311 e. The van der Waals surface area contributed by atoms with Crippen LogP contribution < -0.4 is 4.90 Å². The van der Waals surface area contributed by atoms with Crippen LogP contribution in [0.1, 0.15) is 12.5 Å². The van der Waals surface area contributed by atoms with Gasteiger partial charge in [0, 0.05) is 17.2 Å². The lowest BCUT2D eigenvalue weighted by Crippen LogP contribution is -2.32. The molecule has 1 aromatic carbocycles. The molecule has 2 rings (SSSR count). The standard InChI is InChI=1S/C15H15BrN2O/c1-2-18(14-7-4-8-17-11-14)15(19)10-12-5-3-6-13(16)9-12/h3-9,11H,2,10H2,1H3. The van der Waals surface area contributed by atoms with Gasteiger partial charge >= 0.3 is 0 Å². The van der Waals surface area contributed by atoms with Gasteiger partial charge in [0.15, 0.2) is 0 Å². The zero-order chi connectivity index (χ0) is 13.7. The maximum Gasteiger partial charge on any atom is 0.231 e. The molecule has 1 amide bonds. The van der Waals surface area contributed by atoms with Gasteiger partial charge in [0.2, 0.25) is 5.91 Å². The molecule has 1 heterocycles. The van der Waals surface area contributed by atoms with E-state index in [0.717, 1.165) is 15.7 Å². The highest BCUT2D eigenvalue weighted by atomic mass is 79.9. The van der Waals surface area contributed by atoms with Crippen molar-refractivity contribution >= 4 is 27.5 Å². The van der Waals surface area contributed by atoms with Gasteiger partial charge in [-0.25, -0.2) is 0 Å². The Morgan fingerprint density at radius 1 is 1.32 bits per heavy atom. The predicted molar refractivity (Wildman–Crippen MR) is 80.1 cm³/mol. The smallest absolute Gasteiger partial charge is 0.231 e. The summed E-state index contributed by atoms with van der Waals surface area (Å²) in [6.45, 7) is 2.60. The van der Waals surface area contributed by atoms with E-state index in [2.05, 4.69) is 20.9 Å². The molecule has 0 atom stereocenters. The number of pyridine rings is 1. The summed E-state index contributed by atoms with van der Waals surface area (Å²) in [6.07, 6.45) is 3.81. The Morgan fingerprint density at radius 3 is 2.79 bits per heavy atom. The Labute approximate surface area is 121 Å². The van der Waals surface area contributed by atoms with Gasteiger partial charge in [0.05, 0.1) is 18.3 Å². The van der Waals surface area contributed by atoms with Crippen molar-refractivity contribution in [2.45, 2.75) is 13.3 Å².